The molecule has 1 unspecified atom stereocenters. The first-order valence-electron chi connectivity index (χ1n) is 12.2. The lowest BCUT2D eigenvalue weighted by Gasteiger charge is -2.53. The summed E-state index contributed by atoms with van der Waals surface area (Å²) in [6.07, 6.45) is 4.20. The molecule has 5 nitrogen and oxygen atoms in total. The zero-order valence-corrected chi connectivity index (χ0v) is 19.4. The number of nitrogens with zero attached hydrogens (tertiary/aromatic N) is 1. The van der Waals surface area contributed by atoms with E-state index in [0.717, 1.165) is 45.9 Å². The molecule has 1 N–H and O–H groups in total. The summed E-state index contributed by atoms with van der Waals surface area (Å²) >= 11 is 0. The number of fused-ring (bicyclic) bond motifs is 1. The number of nitrogens with one attached hydrogen (secondary N) is 1. The molecule has 5 heteroatoms. The summed E-state index contributed by atoms with van der Waals surface area (Å²) in [6, 6.07) is 9.31. The molecule has 2 aliphatic carbocycles. The second kappa shape index (κ2) is 8.17. The molecule has 4 aliphatic rings. The van der Waals surface area contributed by atoms with Crippen LogP contribution in [-0.2, 0) is 20.8 Å². The van der Waals surface area contributed by atoms with Crippen molar-refractivity contribution in [1.29, 1.82) is 0 Å². The van der Waals surface area contributed by atoms with Crippen molar-refractivity contribution >= 4 is 5.91 Å². The van der Waals surface area contributed by atoms with Crippen LogP contribution < -0.4 is 5.32 Å². The van der Waals surface area contributed by atoms with E-state index in [1.807, 2.05) is 6.92 Å². The highest BCUT2D eigenvalue weighted by molar-refractivity contribution is 5.76. The van der Waals surface area contributed by atoms with E-state index in [-0.39, 0.29) is 28.9 Å². The van der Waals surface area contributed by atoms with E-state index < -0.39 is 0 Å². The molecule has 2 bridgehead atoms. The lowest BCUT2D eigenvalue weighted by Crippen LogP contribution is -2.58. The van der Waals surface area contributed by atoms with Crippen LogP contribution in [0.5, 0.6) is 0 Å². The Morgan fingerprint density at radius 2 is 2.03 bits per heavy atom. The van der Waals surface area contributed by atoms with E-state index in [1.54, 1.807) is 0 Å². The molecule has 2 saturated carbocycles. The van der Waals surface area contributed by atoms with Crippen LogP contribution in [0.3, 0.4) is 0 Å². The lowest BCUT2D eigenvalue weighted by molar-refractivity contribution is -0.137. The third-order valence-electron chi connectivity index (χ3n) is 8.92. The van der Waals surface area contributed by atoms with E-state index in [9.17, 15) is 4.79 Å². The van der Waals surface area contributed by atoms with Gasteiger partial charge >= 0.3 is 0 Å². The van der Waals surface area contributed by atoms with Crippen molar-refractivity contribution in [3.05, 3.63) is 35.4 Å². The van der Waals surface area contributed by atoms with Crippen molar-refractivity contribution in [1.82, 2.24) is 10.2 Å². The minimum atomic E-state index is 0.139. The van der Waals surface area contributed by atoms with Gasteiger partial charge in [0.25, 0.3) is 0 Å². The summed E-state index contributed by atoms with van der Waals surface area (Å²) in [4.78, 5) is 14.9. The van der Waals surface area contributed by atoms with Crippen LogP contribution in [0, 0.1) is 22.7 Å². The van der Waals surface area contributed by atoms with Crippen LogP contribution in [0.25, 0.3) is 0 Å². The van der Waals surface area contributed by atoms with Crippen molar-refractivity contribution < 1.29 is 14.3 Å². The first-order valence-corrected chi connectivity index (χ1v) is 12.2. The van der Waals surface area contributed by atoms with Crippen molar-refractivity contribution in [2.24, 2.45) is 22.7 Å². The monoisotopic (exact) mass is 426 g/mol. The van der Waals surface area contributed by atoms with Gasteiger partial charge in [0.1, 0.15) is 0 Å². The Hall–Kier alpha value is -1.43. The second-order valence-electron chi connectivity index (χ2n) is 10.8. The number of hydrogen-bond acceptors (Lipinski definition) is 4. The maximum absolute atomic E-state index is 12.4. The number of carbonyl (C=O) groups is 1. The largest absolute Gasteiger partial charge is 0.379 e. The van der Waals surface area contributed by atoms with E-state index in [2.05, 4.69) is 48.3 Å². The smallest absolute Gasteiger partial charge is 0.219 e. The molecule has 4 fully saturated rings. The standard InChI is InChI=1S/C26H38N2O3/c1-4-22(29)27-24-25(2,3)20-15-21-23(31-11-8-26(21,24)16-20)19-7-5-6-18(14-19)17-28-9-12-30-13-10-28/h5-7,14,20-21,23-24H,4,8-13,15-17H2,1-3H3,(H,27,29)/t20-,21-,23-,24+,26?/m1/s1. The normalized spacial score (nSPS) is 36.9. The Morgan fingerprint density at radius 3 is 2.81 bits per heavy atom. The van der Waals surface area contributed by atoms with Crippen molar-refractivity contribution in [2.45, 2.75) is 65.1 Å². The van der Waals surface area contributed by atoms with Crippen molar-refractivity contribution in [2.75, 3.05) is 32.9 Å². The summed E-state index contributed by atoms with van der Waals surface area (Å²) in [5.41, 5.74) is 3.01. The molecule has 170 valence electrons. The first kappa shape index (κ1) is 21.4. The van der Waals surface area contributed by atoms with Gasteiger partial charge in [-0.1, -0.05) is 45.0 Å². The number of rotatable bonds is 5. The molecule has 5 atom stereocenters. The van der Waals surface area contributed by atoms with Crippen molar-refractivity contribution in [3.63, 3.8) is 0 Å². The molecule has 0 radical (unpaired) electrons. The predicted octanol–water partition coefficient (Wildman–Crippen LogP) is 3.93. The van der Waals surface area contributed by atoms with Gasteiger partial charge in [-0.25, -0.2) is 0 Å². The molecule has 0 aromatic heterocycles. The minimum absolute atomic E-state index is 0.139. The van der Waals surface area contributed by atoms with Gasteiger partial charge in [0.15, 0.2) is 0 Å². The van der Waals surface area contributed by atoms with Gasteiger partial charge < -0.3 is 14.8 Å². The molecular formula is C26H38N2O3. The predicted molar refractivity (Wildman–Crippen MR) is 120 cm³/mol. The number of ether oxygens (including phenoxy) is 2. The fraction of sp³-hybridized carbons (Fsp3) is 0.731. The van der Waals surface area contributed by atoms with E-state index in [1.165, 1.54) is 24.0 Å². The topological polar surface area (TPSA) is 50.8 Å². The van der Waals surface area contributed by atoms with Crippen LogP contribution in [-0.4, -0.2) is 49.8 Å². The van der Waals surface area contributed by atoms with Gasteiger partial charge in [-0.05, 0) is 53.1 Å². The lowest BCUT2D eigenvalue weighted by atomic mass is 9.58. The Labute approximate surface area is 186 Å². The second-order valence-corrected chi connectivity index (χ2v) is 10.8. The Bertz CT molecular complexity index is 819. The molecule has 1 aromatic carbocycles. The first-order chi connectivity index (χ1) is 14.9. The molecule has 2 heterocycles. The highest BCUT2D eigenvalue weighted by Gasteiger charge is 2.68. The summed E-state index contributed by atoms with van der Waals surface area (Å²) in [6.45, 7) is 12.1. The third kappa shape index (κ3) is 3.63. The average molecular weight is 427 g/mol. The molecule has 31 heavy (non-hydrogen) atoms. The van der Waals surface area contributed by atoms with Crippen molar-refractivity contribution in [3.8, 4) is 0 Å². The van der Waals surface area contributed by atoms with Crippen LogP contribution >= 0.6 is 0 Å². The molecule has 5 rings (SSSR count). The maximum atomic E-state index is 12.4. The summed E-state index contributed by atoms with van der Waals surface area (Å²) in [5.74, 6) is 1.33. The van der Waals surface area contributed by atoms with Gasteiger partial charge in [0, 0.05) is 38.7 Å². The summed E-state index contributed by atoms with van der Waals surface area (Å²) in [7, 11) is 0. The zero-order chi connectivity index (χ0) is 21.6. The quantitative estimate of drug-likeness (QED) is 0.775. The number of morpholine rings is 1. The van der Waals surface area contributed by atoms with E-state index in [0.29, 0.717) is 18.3 Å². The maximum Gasteiger partial charge on any atom is 0.219 e. The highest BCUT2D eigenvalue weighted by Crippen LogP contribution is 2.70. The van der Waals surface area contributed by atoms with Crippen LogP contribution in [0.15, 0.2) is 24.3 Å². The Kier molecular flexibility index (Phi) is 5.64. The minimum Gasteiger partial charge on any atom is -0.379 e. The highest BCUT2D eigenvalue weighted by atomic mass is 16.5. The average Bonchev–Trinajstić information content (AvgIpc) is 3.27. The molecule has 1 amide bonds. The molecule has 2 saturated heterocycles. The van der Waals surface area contributed by atoms with Gasteiger partial charge in [0.05, 0.1) is 19.3 Å². The summed E-state index contributed by atoms with van der Waals surface area (Å²) < 4.78 is 12.0. The van der Waals surface area contributed by atoms with Gasteiger partial charge in [0.2, 0.25) is 5.91 Å². The van der Waals surface area contributed by atoms with E-state index in [4.69, 9.17) is 9.47 Å². The Morgan fingerprint density at radius 1 is 1.23 bits per heavy atom. The Balaban J connectivity index is 1.40. The van der Waals surface area contributed by atoms with Crippen LogP contribution in [0.1, 0.15) is 63.7 Å². The molecule has 2 aliphatic heterocycles. The summed E-state index contributed by atoms with van der Waals surface area (Å²) in [5, 5.41) is 3.46. The number of hydrogen-bond donors (Lipinski definition) is 1. The molecule has 1 spiro atoms. The number of carbonyl (C=O) groups excluding carboxylic acids is 1. The molecular weight excluding hydrogens is 388 g/mol. The van der Waals surface area contributed by atoms with Crippen LogP contribution in [0.2, 0.25) is 0 Å². The van der Waals surface area contributed by atoms with E-state index >= 15 is 0 Å². The van der Waals surface area contributed by atoms with Gasteiger partial charge in [-0.2, -0.15) is 0 Å². The van der Waals surface area contributed by atoms with Crippen LogP contribution in [0.4, 0.5) is 0 Å². The zero-order valence-electron chi connectivity index (χ0n) is 19.4. The number of amides is 1. The van der Waals surface area contributed by atoms with Gasteiger partial charge in [-0.3, -0.25) is 9.69 Å². The fourth-order valence-electron chi connectivity index (χ4n) is 7.27. The third-order valence-corrected chi connectivity index (χ3v) is 8.92. The van der Waals surface area contributed by atoms with Gasteiger partial charge in [-0.15, -0.1) is 0 Å². The number of benzene rings is 1. The SMILES string of the molecule is CCC(=O)N[C@H]1C(C)(C)[C@@H]2C[C@@H]3[C@@H](c4cccc(CN5CCOCC5)c4)OCCC31C2. The fourth-order valence-corrected chi connectivity index (χ4v) is 7.27. The molecule has 1 aromatic rings.